The van der Waals surface area contributed by atoms with Crippen LogP contribution in [0.25, 0.3) is 0 Å². The lowest BCUT2D eigenvalue weighted by Crippen LogP contribution is -2.17. The van der Waals surface area contributed by atoms with E-state index >= 15 is 0 Å². The minimum Gasteiger partial charge on any atom is -0.439 e. The molecule has 0 N–H and O–H groups in total. The summed E-state index contributed by atoms with van der Waals surface area (Å²) in [5, 5.41) is 3.83. The molecule has 1 aromatic heterocycles. The highest BCUT2D eigenvalue weighted by Gasteiger charge is 2.31. The first-order valence-electron chi connectivity index (χ1n) is 6.66. The van der Waals surface area contributed by atoms with Crippen molar-refractivity contribution in [2.75, 3.05) is 0 Å². The van der Waals surface area contributed by atoms with Gasteiger partial charge >= 0.3 is 6.36 Å². The van der Waals surface area contributed by atoms with Crippen molar-refractivity contribution in [3.05, 3.63) is 54.4 Å². The summed E-state index contributed by atoms with van der Waals surface area (Å²) in [7, 11) is 0. The fraction of sp³-hybridized carbons (Fsp3) is 0.200. The van der Waals surface area contributed by atoms with Crippen LogP contribution in [0.4, 0.5) is 13.2 Å². The van der Waals surface area contributed by atoms with Crippen LogP contribution in [0.1, 0.15) is 18.1 Å². The van der Waals surface area contributed by atoms with E-state index in [1.165, 1.54) is 24.3 Å². The first kappa shape index (κ1) is 15.1. The van der Waals surface area contributed by atoms with Crippen molar-refractivity contribution in [1.82, 2.24) is 4.98 Å². The number of pyridine rings is 1. The van der Waals surface area contributed by atoms with Gasteiger partial charge in [-0.3, -0.25) is 4.98 Å². The van der Waals surface area contributed by atoms with E-state index in [0.717, 1.165) is 0 Å². The van der Waals surface area contributed by atoms with Gasteiger partial charge in [0.1, 0.15) is 11.5 Å². The Labute approximate surface area is 129 Å². The van der Waals surface area contributed by atoms with Crippen LogP contribution in [0.2, 0.25) is 0 Å². The Balaban J connectivity index is 1.59. The predicted molar refractivity (Wildman–Crippen MR) is 73.9 cm³/mol. The van der Waals surface area contributed by atoms with Crippen LogP contribution < -0.4 is 9.47 Å². The highest BCUT2D eigenvalue weighted by molar-refractivity contribution is 5.79. The van der Waals surface area contributed by atoms with Gasteiger partial charge in [-0.2, -0.15) is 0 Å². The molecule has 0 fully saturated rings. The number of nitrogens with zero attached hydrogens (tertiary/aromatic N) is 2. The Hall–Kier alpha value is -2.77. The zero-order valence-electron chi connectivity index (χ0n) is 11.7. The van der Waals surface area contributed by atoms with Crippen molar-refractivity contribution in [1.29, 1.82) is 0 Å². The lowest BCUT2D eigenvalue weighted by Gasteiger charge is -2.11. The van der Waals surface area contributed by atoms with Gasteiger partial charge in [0, 0.05) is 12.4 Å². The van der Waals surface area contributed by atoms with Gasteiger partial charge in [0.05, 0.1) is 6.42 Å². The summed E-state index contributed by atoms with van der Waals surface area (Å²) in [6, 6.07) is 8.81. The van der Waals surface area contributed by atoms with Crippen molar-refractivity contribution in [3.8, 4) is 11.5 Å². The number of rotatable bonds is 3. The molecule has 5 nitrogen and oxygen atoms in total. The largest absolute Gasteiger partial charge is 0.573 e. The number of hydrogen-bond donors (Lipinski definition) is 0. The fourth-order valence-corrected chi connectivity index (χ4v) is 2.02. The smallest absolute Gasteiger partial charge is 0.439 e. The number of ether oxygens (including phenoxy) is 2. The van der Waals surface area contributed by atoms with Crippen molar-refractivity contribution in [2.45, 2.75) is 18.9 Å². The van der Waals surface area contributed by atoms with Crippen molar-refractivity contribution < 1.29 is 27.5 Å². The van der Waals surface area contributed by atoms with Gasteiger partial charge < -0.3 is 14.3 Å². The number of benzene rings is 1. The second-order valence-electron chi connectivity index (χ2n) is 4.69. The summed E-state index contributed by atoms with van der Waals surface area (Å²) in [5.74, 6) is 0.683. The molecule has 2 heterocycles. The number of aromatic nitrogens is 1. The zero-order valence-corrected chi connectivity index (χ0v) is 11.7. The Morgan fingerprint density at radius 1 is 1.00 bits per heavy atom. The van der Waals surface area contributed by atoms with Crippen molar-refractivity contribution >= 4 is 5.90 Å². The molecule has 3 rings (SSSR count). The van der Waals surface area contributed by atoms with E-state index in [0.29, 0.717) is 23.6 Å². The quantitative estimate of drug-likeness (QED) is 0.861. The maximum absolute atomic E-state index is 12.1. The zero-order chi connectivity index (χ0) is 16.3. The van der Waals surface area contributed by atoms with Crippen LogP contribution in [0, 0.1) is 0 Å². The van der Waals surface area contributed by atoms with Gasteiger partial charge in [0.15, 0.2) is 6.10 Å². The molecular weight excluding hydrogens is 313 g/mol. The topological polar surface area (TPSA) is 52.9 Å². The van der Waals surface area contributed by atoms with E-state index in [1.807, 2.05) is 0 Å². The third-order valence-corrected chi connectivity index (χ3v) is 3.01. The molecule has 1 atom stereocenters. The van der Waals surface area contributed by atoms with Gasteiger partial charge in [0.2, 0.25) is 5.90 Å². The summed E-state index contributed by atoms with van der Waals surface area (Å²) in [4.78, 5) is 9.12. The molecule has 0 unspecified atom stereocenters. The Morgan fingerprint density at radius 3 is 2.35 bits per heavy atom. The monoisotopic (exact) mass is 324 g/mol. The SMILES string of the molecule is FC(F)(F)Oc1ccc([C@H]2CC(Oc3ccncc3)=NO2)cc1. The molecule has 0 aliphatic carbocycles. The normalized spacial score (nSPS) is 17.3. The van der Waals surface area contributed by atoms with Gasteiger partial charge in [0.25, 0.3) is 0 Å². The van der Waals surface area contributed by atoms with Crippen LogP contribution in [0.15, 0.2) is 53.9 Å². The number of hydrogen-bond acceptors (Lipinski definition) is 5. The van der Waals surface area contributed by atoms with E-state index in [-0.39, 0.29) is 5.75 Å². The van der Waals surface area contributed by atoms with E-state index in [2.05, 4.69) is 14.9 Å². The molecule has 0 amide bonds. The van der Waals surface area contributed by atoms with Crippen LogP contribution in [-0.2, 0) is 4.84 Å². The van der Waals surface area contributed by atoms with Crippen LogP contribution in [-0.4, -0.2) is 17.2 Å². The first-order valence-corrected chi connectivity index (χ1v) is 6.66. The number of oxime groups is 1. The maximum atomic E-state index is 12.1. The highest BCUT2D eigenvalue weighted by atomic mass is 19.4. The van der Waals surface area contributed by atoms with Crippen LogP contribution in [0.3, 0.4) is 0 Å². The number of alkyl halides is 3. The Kier molecular flexibility index (Phi) is 4.05. The molecular formula is C15H11F3N2O3. The highest BCUT2D eigenvalue weighted by Crippen LogP contribution is 2.30. The lowest BCUT2D eigenvalue weighted by atomic mass is 10.1. The van der Waals surface area contributed by atoms with Crippen LogP contribution >= 0.6 is 0 Å². The Morgan fingerprint density at radius 2 is 1.70 bits per heavy atom. The molecule has 1 aliphatic rings. The van der Waals surface area contributed by atoms with E-state index in [1.54, 1.807) is 24.5 Å². The Bertz CT molecular complexity index is 687. The molecule has 120 valence electrons. The second-order valence-corrected chi connectivity index (χ2v) is 4.69. The lowest BCUT2D eigenvalue weighted by molar-refractivity contribution is -0.274. The van der Waals surface area contributed by atoms with Gasteiger partial charge in [-0.15, -0.1) is 13.2 Å². The molecule has 0 saturated carbocycles. The summed E-state index contributed by atoms with van der Waals surface area (Å²) in [5.41, 5.74) is 0.677. The summed E-state index contributed by atoms with van der Waals surface area (Å²) >= 11 is 0. The second kappa shape index (κ2) is 6.15. The minimum atomic E-state index is -4.71. The minimum absolute atomic E-state index is 0.284. The maximum Gasteiger partial charge on any atom is 0.573 e. The molecule has 0 radical (unpaired) electrons. The molecule has 2 aromatic rings. The third kappa shape index (κ3) is 4.12. The molecule has 0 spiro atoms. The van der Waals surface area contributed by atoms with Gasteiger partial charge in [-0.25, -0.2) is 0 Å². The average molecular weight is 324 g/mol. The standard InChI is InChI=1S/C15H11F3N2O3/c16-15(17,18)22-12-3-1-10(2-4-12)13-9-14(20-23-13)21-11-5-7-19-8-6-11/h1-8,13H,9H2/t13-/m1/s1. The van der Waals surface area contributed by atoms with Gasteiger partial charge in [-0.1, -0.05) is 17.3 Å². The molecule has 23 heavy (non-hydrogen) atoms. The van der Waals surface area contributed by atoms with Crippen molar-refractivity contribution in [2.24, 2.45) is 5.16 Å². The van der Waals surface area contributed by atoms with E-state index in [9.17, 15) is 13.2 Å². The van der Waals surface area contributed by atoms with Gasteiger partial charge in [-0.05, 0) is 29.8 Å². The molecule has 0 bridgehead atoms. The summed E-state index contributed by atoms with van der Waals surface area (Å²) < 4.78 is 45.7. The number of halogens is 3. The summed E-state index contributed by atoms with van der Waals surface area (Å²) in [6.07, 6.45) is -1.57. The van der Waals surface area contributed by atoms with E-state index in [4.69, 9.17) is 9.57 Å². The fourth-order valence-electron chi connectivity index (χ4n) is 2.02. The molecule has 0 saturated heterocycles. The van der Waals surface area contributed by atoms with Crippen LogP contribution in [0.5, 0.6) is 11.5 Å². The van der Waals surface area contributed by atoms with E-state index < -0.39 is 12.5 Å². The predicted octanol–water partition coefficient (Wildman–Crippen LogP) is 3.83. The summed E-state index contributed by atoms with van der Waals surface area (Å²) in [6.45, 7) is 0. The molecule has 1 aliphatic heterocycles. The molecule has 8 heteroatoms. The first-order chi connectivity index (χ1) is 11.0. The third-order valence-electron chi connectivity index (χ3n) is 3.01. The van der Waals surface area contributed by atoms with Crippen molar-refractivity contribution in [3.63, 3.8) is 0 Å². The average Bonchev–Trinajstić information content (AvgIpc) is 2.96. The molecule has 1 aromatic carbocycles.